The number of benzene rings is 2. The van der Waals surface area contributed by atoms with Gasteiger partial charge < -0.3 is 5.21 Å². The first kappa shape index (κ1) is 11.9. The van der Waals surface area contributed by atoms with Crippen molar-refractivity contribution >= 4 is 22.1 Å². The summed E-state index contributed by atoms with van der Waals surface area (Å²) in [7, 11) is 0. The molecule has 0 bridgehead atoms. The maximum absolute atomic E-state index is 11.7. The lowest BCUT2D eigenvalue weighted by Crippen LogP contribution is -2.05. The molecule has 2 aromatic rings. The molecular formula is C14H12BrNO. The average molecular weight is 290 g/mol. The Hall–Kier alpha value is -1.61. The lowest BCUT2D eigenvalue weighted by atomic mass is 10.2. The summed E-state index contributed by atoms with van der Waals surface area (Å²) in [6.07, 6.45) is 1.60. The van der Waals surface area contributed by atoms with Crippen LogP contribution < -0.4 is 0 Å². The van der Waals surface area contributed by atoms with Crippen molar-refractivity contribution in [3.8, 4) is 0 Å². The Morgan fingerprint density at radius 3 is 2.53 bits per heavy atom. The second-order valence-electron chi connectivity index (χ2n) is 3.74. The van der Waals surface area contributed by atoms with Crippen molar-refractivity contribution in [2.75, 3.05) is 0 Å². The molecule has 0 atom stereocenters. The van der Waals surface area contributed by atoms with Crippen LogP contribution in [0.25, 0.3) is 0 Å². The van der Waals surface area contributed by atoms with Crippen molar-refractivity contribution in [1.82, 2.24) is 0 Å². The number of halogens is 1. The molecule has 17 heavy (non-hydrogen) atoms. The van der Waals surface area contributed by atoms with Crippen LogP contribution in [0.2, 0.25) is 0 Å². The van der Waals surface area contributed by atoms with E-state index < -0.39 is 0 Å². The lowest BCUT2D eigenvalue weighted by molar-refractivity contribution is -0.469. The van der Waals surface area contributed by atoms with Gasteiger partial charge >= 0.3 is 0 Å². The Balaban J connectivity index is 2.12. The molecule has 0 aliphatic carbocycles. The molecule has 0 aliphatic rings. The van der Waals surface area contributed by atoms with Gasteiger partial charge in [0.25, 0.3) is 0 Å². The highest BCUT2D eigenvalue weighted by molar-refractivity contribution is 9.10. The maximum atomic E-state index is 11.7. The van der Waals surface area contributed by atoms with Gasteiger partial charge in [0.15, 0.2) is 12.8 Å². The number of nitrogens with zero attached hydrogens (tertiary/aromatic N) is 1. The molecule has 0 spiro atoms. The van der Waals surface area contributed by atoms with E-state index in [-0.39, 0.29) is 0 Å². The van der Waals surface area contributed by atoms with E-state index in [0.717, 1.165) is 20.3 Å². The van der Waals surface area contributed by atoms with Crippen LogP contribution in [0.15, 0.2) is 59.1 Å². The van der Waals surface area contributed by atoms with Gasteiger partial charge in [-0.05, 0) is 24.3 Å². The maximum Gasteiger partial charge on any atom is 0.182 e. The van der Waals surface area contributed by atoms with E-state index in [2.05, 4.69) is 15.9 Å². The largest absolute Gasteiger partial charge is 0.624 e. The van der Waals surface area contributed by atoms with Crippen molar-refractivity contribution in [2.45, 2.75) is 6.54 Å². The molecule has 0 amide bonds. The fraction of sp³-hybridized carbons (Fsp3) is 0.0714. The SMILES string of the molecule is [O-]/[N+](=C\c1ccccc1)Cc1cccc(Br)c1. The molecule has 0 aromatic heterocycles. The van der Waals surface area contributed by atoms with Crippen LogP contribution in [-0.2, 0) is 6.54 Å². The number of rotatable bonds is 3. The molecule has 2 nitrogen and oxygen atoms in total. The number of hydroxylamine groups is 1. The van der Waals surface area contributed by atoms with Crippen LogP contribution in [0.3, 0.4) is 0 Å². The first-order valence-electron chi connectivity index (χ1n) is 5.32. The minimum atomic E-state index is 0.355. The highest BCUT2D eigenvalue weighted by atomic mass is 79.9. The van der Waals surface area contributed by atoms with Gasteiger partial charge in [0.05, 0.1) is 0 Å². The highest BCUT2D eigenvalue weighted by Crippen LogP contribution is 2.12. The normalized spacial score (nSPS) is 11.5. The Labute approximate surface area is 109 Å². The quantitative estimate of drug-likeness (QED) is 0.367. The average Bonchev–Trinajstić information content (AvgIpc) is 2.30. The monoisotopic (exact) mass is 289 g/mol. The van der Waals surface area contributed by atoms with Crippen molar-refractivity contribution in [3.05, 3.63) is 75.4 Å². The molecule has 3 heteroatoms. The van der Waals surface area contributed by atoms with Crippen LogP contribution in [-0.4, -0.2) is 11.0 Å². The Morgan fingerprint density at radius 2 is 1.82 bits per heavy atom. The van der Waals surface area contributed by atoms with Gasteiger partial charge in [-0.1, -0.05) is 46.3 Å². The lowest BCUT2D eigenvalue weighted by Gasteiger charge is -2.04. The Morgan fingerprint density at radius 1 is 1.06 bits per heavy atom. The summed E-state index contributed by atoms with van der Waals surface area (Å²) in [6.45, 7) is 0.355. The summed E-state index contributed by atoms with van der Waals surface area (Å²) in [5, 5.41) is 11.7. The van der Waals surface area contributed by atoms with E-state index in [9.17, 15) is 5.21 Å². The molecule has 2 aromatic carbocycles. The molecule has 0 unspecified atom stereocenters. The summed E-state index contributed by atoms with van der Waals surface area (Å²) in [5.41, 5.74) is 1.90. The molecule has 0 fully saturated rings. The summed E-state index contributed by atoms with van der Waals surface area (Å²) in [5.74, 6) is 0. The molecule has 0 saturated carbocycles. The zero-order chi connectivity index (χ0) is 12.1. The van der Waals surface area contributed by atoms with E-state index in [1.54, 1.807) is 6.21 Å². The van der Waals surface area contributed by atoms with E-state index in [1.165, 1.54) is 0 Å². The van der Waals surface area contributed by atoms with Gasteiger partial charge in [-0.15, -0.1) is 0 Å². The summed E-state index contributed by atoms with van der Waals surface area (Å²) < 4.78 is 1.93. The van der Waals surface area contributed by atoms with E-state index in [1.807, 2.05) is 54.6 Å². The van der Waals surface area contributed by atoms with E-state index in [0.29, 0.717) is 6.54 Å². The summed E-state index contributed by atoms with van der Waals surface area (Å²) >= 11 is 3.39. The Bertz CT molecular complexity index is 523. The van der Waals surface area contributed by atoms with Crippen molar-refractivity contribution in [2.24, 2.45) is 0 Å². The number of hydrogen-bond acceptors (Lipinski definition) is 1. The molecule has 86 valence electrons. The minimum absolute atomic E-state index is 0.355. The second-order valence-corrected chi connectivity index (χ2v) is 4.66. The predicted molar refractivity (Wildman–Crippen MR) is 73.1 cm³/mol. The third-order valence-corrected chi connectivity index (χ3v) is 2.81. The molecule has 0 radical (unpaired) electrons. The zero-order valence-corrected chi connectivity index (χ0v) is 10.8. The first-order valence-corrected chi connectivity index (χ1v) is 6.11. The van der Waals surface area contributed by atoms with Crippen molar-refractivity contribution < 1.29 is 4.74 Å². The van der Waals surface area contributed by atoms with Crippen LogP contribution in [0.1, 0.15) is 11.1 Å². The van der Waals surface area contributed by atoms with Crippen molar-refractivity contribution in [1.29, 1.82) is 0 Å². The predicted octanol–water partition coefficient (Wildman–Crippen LogP) is 3.58. The van der Waals surface area contributed by atoms with Crippen LogP contribution >= 0.6 is 15.9 Å². The first-order chi connectivity index (χ1) is 8.24. The fourth-order valence-corrected chi connectivity index (χ4v) is 2.01. The van der Waals surface area contributed by atoms with Gasteiger partial charge in [-0.3, -0.25) is 0 Å². The van der Waals surface area contributed by atoms with Gasteiger partial charge in [0.2, 0.25) is 0 Å². The number of hydrogen-bond donors (Lipinski definition) is 0. The smallest absolute Gasteiger partial charge is 0.182 e. The third kappa shape index (κ3) is 3.71. The molecule has 0 N–H and O–H groups in total. The topological polar surface area (TPSA) is 26.1 Å². The second kappa shape index (κ2) is 5.64. The van der Waals surface area contributed by atoms with Gasteiger partial charge in [-0.2, -0.15) is 0 Å². The molecule has 0 heterocycles. The molecular weight excluding hydrogens is 278 g/mol. The molecule has 2 rings (SSSR count). The molecule has 0 aliphatic heterocycles. The standard InChI is InChI=1S/C14H12BrNO/c15-14-8-4-7-13(9-14)11-16(17)10-12-5-2-1-3-6-12/h1-10H,11H2/b16-10-. The summed E-state index contributed by atoms with van der Waals surface area (Å²) in [4.78, 5) is 0. The van der Waals surface area contributed by atoms with Crippen molar-refractivity contribution in [3.63, 3.8) is 0 Å². The zero-order valence-electron chi connectivity index (χ0n) is 9.21. The highest BCUT2D eigenvalue weighted by Gasteiger charge is 1.99. The summed E-state index contributed by atoms with van der Waals surface area (Å²) in [6, 6.07) is 17.3. The Kier molecular flexibility index (Phi) is 3.94. The third-order valence-electron chi connectivity index (χ3n) is 2.32. The van der Waals surface area contributed by atoms with Crippen LogP contribution in [0.4, 0.5) is 0 Å². The van der Waals surface area contributed by atoms with E-state index >= 15 is 0 Å². The fourth-order valence-electron chi connectivity index (χ4n) is 1.57. The van der Waals surface area contributed by atoms with Crippen LogP contribution in [0.5, 0.6) is 0 Å². The van der Waals surface area contributed by atoms with Gasteiger partial charge in [0, 0.05) is 15.6 Å². The van der Waals surface area contributed by atoms with Crippen LogP contribution in [0, 0.1) is 5.21 Å². The van der Waals surface area contributed by atoms with Gasteiger partial charge in [-0.25, -0.2) is 4.74 Å². The minimum Gasteiger partial charge on any atom is -0.624 e. The van der Waals surface area contributed by atoms with E-state index in [4.69, 9.17) is 0 Å². The van der Waals surface area contributed by atoms with Gasteiger partial charge in [0.1, 0.15) is 0 Å². The molecule has 0 saturated heterocycles.